The van der Waals surface area contributed by atoms with Crippen molar-refractivity contribution in [2.75, 3.05) is 12.8 Å². The summed E-state index contributed by atoms with van der Waals surface area (Å²) in [5.41, 5.74) is 0.983. The van der Waals surface area contributed by atoms with Gasteiger partial charge in [0.15, 0.2) is 0 Å². The number of aromatic nitrogens is 4. The number of tetrazole rings is 1. The summed E-state index contributed by atoms with van der Waals surface area (Å²) in [5.74, 6) is 0.934. The molecule has 90 valence electrons. The van der Waals surface area contributed by atoms with Crippen LogP contribution in [0.1, 0.15) is 6.92 Å². The molecule has 1 N–H and O–H groups in total. The Bertz CT molecular complexity index is 456. The van der Waals surface area contributed by atoms with E-state index in [1.807, 2.05) is 37.4 Å². The number of nitrogens with one attached hydrogen (secondary N) is 1. The predicted octanol–water partition coefficient (Wildman–Crippen LogP) is 1.36. The second kappa shape index (κ2) is 5.79. The van der Waals surface area contributed by atoms with Crippen molar-refractivity contribution in [3.05, 3.63) is 30.3 Å². The predicted molar refractivity (Wildman–Crippen MR) is 68.4 cm³/mol. The maximum atomic E-state index is 4.04. The second-order valence-corrected chi connectivity index (χ2v) is 4.70. The van der Waals surface area contributed by atoms with Crippen LogP contribution in [0.3, 0.4) is 0 Å². The van der Waals surface area contributed by atoms with Crippen LogP contribution < -0.4 is 5.32 Å². The molecule has 0 fully saturated rings. The molecule has 0 spiro atoms. The molecule has 17 heavy (non-hydrogen) atoms. The molecular formula is C11H15N5S. The topological polar surface area (TPSA) is 55.6 Å². The molecule has 5 nitrogen and oxygen atoms in total. The van der Waals surface area contributed by atoms with E-state index in [0.717, 1.165) is 16.6 Å². The number of rotatable bonds is 5. The fraction of sp³-hybridized carbons (Fsp3) is 0.364. The first-order chi connectivity index (χ1) is 8.31. The average Bonchev–Trinajstić information content (AvgIpc) is 2.85. The number of benzene rings is 1. The van der Waals surface area contributed by atoms with Gasteiger partial charge in [0.1, 0.15) is 0 Å². The minimum Gasteiger partial charge on any atom is -0.316 e. The molecule has 0 amide bonds. The highest BCUT2D eigenvalue weighted by molar-refractivity contribution is 7.99. The molecule has 0 saturated carbocycles. The minimum absolute atomic E-state index is 0.431. The number of hydrogen-bond acceptors (Lipinski definition) is 5. The highest BCUT2D eigenvalue weighted by Crippen LogP contribution is 2.18. The zero-order valence-electron chi connectivity index (χ0n) is 9.87. The molecular weight excluding hydrogens is 234 g/mol. The molecule has 0 aliphatic heterocycles. The van der Waals surface area contributed by atoms with Crippen LogP contribution in [-0.2, 0) is 0 Å². The third kappa shape index (κ3) is 3.04. The van der Waals surface area contributed by atoms with Crippen molar-refractivity contribution in [2.24, 2.45) is 0 Å². The Morgan fingerprint density at radius 1 is 1.35 bits per heavy atom. The van der Waals surface area contributed by atoms with Crippen LogP contribution >= 0.6 is 11.8 Å². The van der Waals surface area contributed by atoms with Crippen molar-refractivity contribution < 1.29 is 0 Å². The Balaban J connectivity index is 2.12. The van der Waals surface area contributed by atoms with Crippen LogP contribution in [0, 0.1) is 0 Å². The maximum absolute atomic E-state index is 4.04. The molecule has 1 aromatic heterocycles. The summed E-state index contributed by atoms with van der Waals surface area (Å²) in [6, 6.07) is 10.3. The highest BCUT2D eigenvalue weighted by Gasteiger charge is 2.09. The first kappa shape index (κ1) is 12.1. The van der Waals surface area contributed by atoms with Crippen LogP contribution in [0.15, 0.2) is 35.5 Å². The van der Waals surface area contributed by atoms with E-state index in [1.54, 1.807) is 16.4 Å². The third-order valence-corrected chi connectivity index (χ3v) is 3.58. The van der Waals surface area contributed by atoms with E-state index < -0.39 is 0 Å². The monoisotopic (exact) mass is 249 g/mol. The lowest BCUT2D eigenvalue weighted by atomic mass is 10.3. The van der Waals surface area contributed by atoms with Crippen molar-refractivity contribution in [1.29, 1.82) is 0 Å². The molecule has 0 radical (unpaired) electrons. The quantitative estimate of drug-likeness (QED) is 0.811. The largest absolute Gasteiger partial charge is 0.316 e. The van der Waals surface area contributed by atoms with Crippen molar-refractivity contribution in [1.82, 2.24) is 25.5 Å². The number of nitrogens with zero attached hydrogens (tertiary/aromatic N) is 4. The third-order valence-electron chi connectivity index (χ3n) is 2.40. The molecule has 6 heteroatoms. The molecule has 2 aromatic rings. The molecule has 0 aliphatic carbocycles. The summed E-state index contributed by atoms with van der Waals surface area (Å²) in [5, 5.41) is 15.8. The summed E-state index contributed by atoms with van der Waals surface area (Å²) in [7, 11) is 1.95. The Morgan fingerprint density at radius 3 is 2.82 bits per heavy atom. The Labute approximate surface area is 105 Å². The standard InChI is InChI=1S/C11H15N5S/c1-9(12-2)8-17-11-13-14-15-16(11)10-6-4-3-5-7-10/h3-7,9,12H,8H2,1-2H3. The van der Waals surface area contributed by atoms with Crippen LogP contribution in [0.25, 0.3) is 5.69 Å². The molecule has 1 heterocycles. The molecule has 0 aliphatic rings. The molecule has 0 saturated heterocycles. The number of thioether (sulfide) groups is 1. The second-order valence-electron chi connectivity index (χ2n) is 3.71. The van der Waals surface area contributed by atoms with Gasteiger partial charge < -0.3 is 5.32 Å². The van der Waals surface area contributed by atoms with Gasteiger partial charge in [0, 0.05) is 11.8 Å². The van der Waals surface area contributed by atoms with E-state index in [4.69, 9.17) is 0 Å². The van der Waals surface area contributed by atoms with Crippen LogP contribution in [0.2, 0.25) is 0 Å². The smallest absolute Gasteiger partial charge is 0.214 e. The highest BCUT2D eigenvalue weighted by atomic mass is 32.2. The van der Waals surface area contributed by atoms with Gasteiger partial charge >= 0.3 is 0 Å². The fourth-order valence-electron chi connectivity index (χ4n) is 1.28. The van der Waals surface area contributed by atoms with E-state index in [0.29, 0.717) is 6.04 Å². The van der Waals surface area contributed by atoms with Gasteiger partial charge in [-0.3, -0.25) is 0 Å². The molecule has 1 atom stereocenters. The number of hydrogen-bond donors (Lipinski definition) is 1. The van der Waals surface area contributed by atoms with Gasteiger partial charge in [0.05, 0.1) is 5.69 Å². The Hall–Kier alpha value is -1.40. The average molecular weight is 249 g/mol. The van der Waals surface area contributed by atoms with Gasteiger partial charge in [-0.25, -0.2) is 0 Å². The molecule has 0 bridgehead atoms. The van der Waals surface area contributed by atoms with Gasteiger partial charge in [0.25, 0.3) is 0 Å². The number of para-hydroxylation sites is 1. The zero-order chi connectivity index (χ0) is 12.1. The van der Waals surface area contributed by atoms with Gasteiger partial charge in [-0.05, 0) is 36.5 Å². The minimum atomic E-state index is 0.431. The summed E-state index contributed by atoms with van der Waals surface area (Å²) >= 11 is 1.65. The summed E-state index contributed by atoms with van der Waals surface area (Å²) in [6.45, 7) is 2.13. The summed E-state index contributed by atoms with van der Waals surface area (Å²) < 4.78 is 1.76. The van der Waals surface area contributed by atoms with Crippen molar-refractivity contribution in [2.45, 2.75) is 18.1 Å². The van der Waals surface area contributed by atoms with E-state index >= 15 is 0 Å². The maximum Gasteiger partial charge on any atom is 0.214 e. The Morgan fingerprint density at radius 2 is 2.12 bits per heavy atom. The SMILES string of the molecule is CNC(C)CSc1nnnn1-c1ccccc1. The zero-order valence-corrected chi connectivity index (χ0v) is 10.7. The van der Waals surface area contributed by atoms with Gasteiger partial charge in [0.2, 0.25) is 5.16 Å². The van der Waals surface area contributed by atoms with E-state index in [1.165, 1.54) is 0 Å². The molecule has 2 rings (SSSR count). The first-order valence-corrected chi connectivity index (χ1v) is 6.43. The summed E-state index contributed by atoms with van der Waals surface area (Å²) in [6.07, 6.45) is 0. The van der Waals surface area contributed by atoms with E-state index in [-0.39, 0.29) is 0 Å². The lowest BCUT2D eigenvalue weighted by Crippen LogP contribution is -2.23. The van der Waals surface area contributed by atoms with Gasteiger partial charge in [-0.1, -0.05) is 30.0 Å². The lowest BCUT2D eigenvalue weighted by Gasteiger charge is -2.08. The van der Waals surface area contributed by atoms with E-state index in [2.05, 4.69) is 27.8 Å². The van der Waals surface area contributed by atoms with Gasteiger partial charge in [-0.15, -0.1) is 5.10 Å². The lowest BCUT2D eigenvalue weighted by molar-refractivity contribution is 0.675. The van der Waals surface area contributed by atoms with Crippen LogP contribution in [0.4, 0.5) is 0 Å². The fourth-order valence-corrected chi connectivity index (χ4v) is 2.21. The van der Waals surface area contributed by atoms with Crippen molar-refractivity contribution in [3.63, 3.8) is 0 Å². The molecule has 1 aromatic carbocycles. The summed E-state index contributed by atoms with van der Waals surface area (Å²) in [4.78, 5) is 0. The normalized spacial score (nSPS) is 12.6. The molecule has 1 unspecified atom stereocenters. The van der Waals surface area contributed by atoms with E-state index in [9.17, 15) is 0 Å². The van der Waals surface area contributed by atoms with Crippen molar-refractivity contribution in [3.8, 4) is 5.69 Å². The van der Waals surface area contributed by atoms with Crippen LogP contribution in [0.5, 0.6) is 0 Å². The van der Waals surface area contributed by atoms with Crippen molar-refractivity contribution >= 4 is 11.8 Å². The Kier molecular flexibility index (Phi) is 4.11. The first-order valence-electron chi connectivity index (χ1n) is 5.45. The van der Waals surface area contributed by atoms with Gasteiger partial charge in [-0.2, -0.15) is 4.68 Å². The van der Waals surface area contributed by atoms with Crippen LogP contribution in [-0.4, -0.2) is 39.0 Å².